The highest BCUT2D eigenvalue weighted by Gasteiger charge is 2.44. The minimum atomic E-state index is -1.70. The Balaban J connectivity index is 1.25. The fraction of sp³-hybridized carbons (Fsp3) is 0.412. The minimum absolute atomic E-state index is 0.0588. The summed E-state index contributed by atoms with van der Waals surface area (Å²) in [6.07, 6.45) is 18.0. The summed E-state index contributed by atoms with van der Waals surface area (Å²) < 4.78 is 11.5. The van der Waals surface area contributed by atoms with Gasteiger partial charge in [0.25, 0.3) is 0 Å². The van der Waals surface area contributed by atoms with Crippen LogP contribution in [0.2, 0.25) is 0 Å². The molecule has 0 aliphatic carbocycles. The Hall–Kier alpha value is -2.25. The molecular weight excluding hydrogens is 471 g/mol. The molecule has 0 N–H and O–H groups in total. The summed E-state index contributed by atoms with van der Waals surface area (Å²) in [7, 11) is -1.70. The summed E-state index contributed by atoms with van der Waals surface area (Å²) in [6, 6.07) is 33.7. The molecule has 0 spiro atoms. The van der Waals surface area contributed by atoms with E-state index in [4.69, 9.17) is 9.47 Å². The van der Waals surface area contributed by atoms with Gasteiger partial charge >= 0.3 is 0 Å². The van der Waals surface area contributed by atoms with E-state index in [0.29, 0.717) is 0 Å². The zero-order chi connectivity index (χ0) is 25.4. The average molecular weight is 516 g/mol. The van der Waals surface area contributed by atoms with E-state index in [1.54, 1.807) is 0 Å². The Labute approximate surface area is 225 Å². The van der Waals surface area contributed by atoms with Gasteiger partial charge in [-0.1, -0.05) is 79.6 Å². The van der Waals surface area contributed by atoms with Crippen molar-refractivity contribution in [3.63, 3.8) is 0 Å². The maximum atomic E-state index is 5.84. The molecule has 0 aromatic heterocycles. The van der Waals surface area contributed by atoms with Crippen LogP contribution in [0, 0.1) is 0 Å². The van der Waals surface area contributed by atoms with Crippen LogP contribution in [-0.4, -0.2) is 25.7 Å². The van der Waals surface area contributed by atoms with Crippen LogP contribution in [0.4, 0.5) is 0 Å². The molecule has 4 rings (SSSR count). The lowest BCUT2D eigenvalue weighted by atomic mass is 10.1. The van der Waals surface area contributed by atoms with Crippen molar-refractivity contribution in [3.8, 4) is 0 Å². The summed E-state index contributed by atoms with van der Waals surface area (Å²) in [5.41, 5.74) is 0. The van der Waals surface area contributed by atoms with Crippen molar-refractivity contribution < 1.29 is 9.47 Å². The highest BCUT2D eigenvalue weighted by atomic mass is 31.2. The van der Waals surface area contributed by atoms with Crippen LogP contribution in [-0.2, 0) is 9.47 Å². The van der Waals surface area contributed by atoms with Crippen LogP contribution in [0.3, 0.4) is 0 Å². The maximum Gasteiger partial charge on any atom is 0.157 e. The molecule has 1 aliphatic heterocycles. The van der Waals surface area contributed by atoms with Crippen molar-refractivity contribution in [2.75, 3.05) is 19.4 Å². The molecule has 1 heterocycles. The lowest BCUT2D eigenvalue weighted by Gasteiger charge is -2.27. The van der Waals surface area contributed by atoms with Crippen molar-refractivity contribution in [2.45, 2.75) is 70.5 Å². The number of rotatable bonds is 15. The molecule has 0 amide bonds. The van der Waals surface area contributed by atoms with Gasteiger partial charge in [-0.15, -0.1) is 0 Å². The Morgan fingerprint density at radius 1 is 0.649 bits per heavy atom. The molecule has 2 nitrogen and oxygen atoms in total. The predicted octanol–water partition coefficient (Wildman–Crippen LogP) is 7.81. The molecule has 0 bridgehead atoms. The van der Waals surface area contributed by atoms with Gasteiger partial charge in [0, 0.05) is 13.2 Å². The quantitative estimate of drug-likeness (QED) is 0.117. The third-order valence-electron chi connectivity index (χ3n) is 7.33. The number of hydrogen-bond donors (Lipinski definition) is 0. The molecule has 196 valence electrons. The van der Waals surface area contributed by atoms with Gasteiger partial charge in [-0.25, -0.2) is 0 Å². The molecule has 3 aromatic rings. The Kier molecular flexibility index (Phi) is 11.9. The molecule has 1 unspecified atom stereocenters. The van der Waals surface area contributed by atoms with Crippen molar-refractivity contribution in [2.24, 2.45) is 0 Å². The summed E-state index contributed by atoms with van der Waals surface area (Å²) in [4.78, 5) is 0. The van der Waals surface area contributed by atoms with E-state index >= 15 is 0 Å². The van der Waals surface area contributed by atoms with Crippen molar-refractivity contribution >= 4 is 23.2 Å². The molecule has 0 saturated carbocycles. The maximum absolute atomic E-state index is 5.84. The van der Waals surface area contributed by atoms with E-state index in [0.717, 1.165) is 32.5 Å². The summed E-state index contributed by atoms with van der Waals surface area (Å²) in [5.74, 6) is 0. The Bertz CT molecular complexity index is 917. The molecule has 37 heavy (non-hydrogen) atoms. The SMILES string of the molecule is C(=CCCC[P+](c1ccccc1)(c1ccccc1)c1ccccc1)CCCCCCOC1CCCCO1. The number of hydrogen-bond acceptors (Lipinski definition) is 2. The second-order valence-corrected chi connectivity index (χ2v) is 13.6. The van der Waals surface area contributed by atoms with Crippen LogP contribution >= 0.6 is 7.26 Å². The lowest BCUT2D eigenvalue weighted by molar-refractivity contribution is -0.162. The first-order valence-corrected chi connectivity index (χ1v) is 16.3. The number of unbranched alkanes of at least 4 members (excludes halogenated alkanes) is 5. The number of allylic oxidation sites excluding steroid dienone is 2. The number of ether oxygens (including phenoxy) is 2. The predicted molar refractivity (Wildman–Crippen MR) is 161 cm³/mol. The molecule has 1 aliphatic rings. The van der Waals surface area contributed by atoms with Crippen molar-refractivity contribution in [1.82, 2.24) is 0 Å². The molecule has 1 fully saturated rings. The van der Waals surface area contributed by atoms with Crippen molar-refractivity contribution in [1.29, 1.82) is 0 Å². The van der Waals surface area contributed by atoms with Gasteiger partial charge in [0.2, 0.25) is 0 Å². The summed E-state index contributed by atoms with van der Waals surface area (Å²) >= 11 is 0. The van der Waals surface area contributed by atoms with Gasteiger partial charge in [0.05, 0.1) is 6.16 Å². The zero-order valence-electron chi connectivity index (χ0n) is 22.3. The first-order chi connectivity index (χ1) is 18.4. The molecule has 0 radical (unpaired) electrons. The van der Waals surface area contributed by atoms with Gasteiger partial charge in [-0.05, 0) is 87.8 Å². The minimum Gasteiger partial charge on any atom is -0.353 e. The van der Waals surface area contributed by atoms with Gasteiger partial charge in [-0.3, -0.25) is 0 Å². The van der Waals surface area contributed by atoms with Gasteiger partial charge in [0.1, 0.15) is 23.2 Å². The monoisotopic (exact) mass is 515 g/mol. The van der Waals surface area contributed by atoms with E-state index < -0.39 is 7.26 Å². The van der Waals surface area contributed by atoms with Crippen LogP contribution in [0.15, 0.2) is 103 Å². The Morgan fingerprint density at radius 3 is 1.73 bits per heavy atom. The largest absolute Gasteiger partial charge is 0.353 e. The van der Waals surface area contributed by atoms with E-state index in [9.17, 15) is 0 Å². The summed E-state index contributed by atoms with van der Waals surface area (Å²) in [6.45, 7) is 1.71. The fourth-order valence-electron chi connectivity index (χ4n) is 5.34. The van der Waals surface area contributed by atoms with Gasteiger partial charge < -0.3 is 9.47 Å². The zero-order valence-corrected chi connectivity index (χ0v) is 23.2. The van der Waals surface area contributed by atoms with E-state index in [1.807, 2.05) is 0 Å². The van der Waals surface area contributed by atoms with Crippen molar-refractivity contribution in [3.05, 3.63) is 103 Å². The Morgan fingerprint density at radius 2 is 1.19 bits per heavy atom. The average Bonchev–Trinajstić information content (AvgIpc) is 2.98. The lowest BCUT2D eigenvalue weighted by Crippen LogP contribution is -2.33. The standard InChI is InChI=1S/C34H44O2P/c1(2-4-6-18-28-35-34-27-17-19-29-36-34)3-5-7-20-30-37(31-21-11-8-12-22-31,32-23-13-9-14-24-32)33-25-15-10-16-26-33/h3,5,8-16,21-26,34H,1-2,4,6-7,17-20,27-30H2/q+1. The van der Waals surface area contributed by atoms with Crippen LogP contribution in [0.1, 0.15) is 64.2 Å². The van der Waals surface area contributed by atoms with Crippen LogP contribution in [0.5, 0.6) is 0 Å². The normalized spacial score (nSPS) is 16.3. The summed E-state index contributed by atoms with van der Waals surface area (Å²) in [5, 5.41) is 4.45. The van der Waals surface area contributed by atoms with Crippen LogP contribution < -0.4 is 15.9 Å². The molecule has 1 saturated heterocycles. The molecular formula is C34H44O2P+. The highest BCUT2D eigenvalue weighted by Crippen LogP contribution is 2.55. The third kappa shape index (κ3) is 8.37. The fourth-order valence-corrected chi connectivity index (χ4v) is 9.71. The van der Waals surface area contributed by atoms with Crippen LogP contribution in [0.25, 0.3) is 0 Å². The topological polar surface area (TPSA) is 18.5 Å². The first kappa shape index (κ1) is 27.8. The first-order valence-electron chi connectivity index (χ1n) is 14.3. The smallest absolute Gasteiger partial charge is 0.157 e. The van der Waals surface area contributed by atoms with E-state index in [1.165, 1.54) is 67.0 Å². The molecule has 3 aromatic carbocycles. The highest BCUT2D eigenvalue weighted by molar-refractivity contribution is 7.95. The van der Waals surface area contributed by atoms with Gasteiger partial charge in [-0.2, -0.15) is 0 Å². The second kappa shape index (κ2) is 15.9. The molecule has 3 heteroatoms. The van der Waals surface area contributed by atoms with E-state index in [2.05, 4.69) is 103 Å². The number of benzene rings is 3. The van der Waals surface area contributed by atoms with E-state index in [-0.39, 0.29) is 6.29 Å². The van der Waals surface area contributed by atoms with Gasteiger partial charge in [0.15, 0.2) is 6.29 Å². The third-order valence-corrected chi connectivity index (χ3v) is 11.9. The molecule has 1 atom stereocenters. The second-order valence-electron chi connectivity index (χ2n) is 10.0.